The molecule has 1 heterocycles. The van der Waals surface area contributed by atoms with E-state index in [1.807, 2.05) is 6.92 Å². The summed E-state index contributed by atoms with van der Waals surface area (Å²) in [6, 6.07) is 7.62. The first-order chi connectivity index (χ1) is 11.4. The summed E-state index contributed by atoms with van der Waals surface area (Å²) in [5, 5.41) is 0. The highest BCUT2D eigenvalue weighted by molar-refractivity contribution is 7.94. The number of sulfonamides is 2. The monoisotopic (exact) mass is 403 g/mol. The lowest BCUT2D eigenvalue weighted by Crippen LogP contribution is -2.23. The normalized spacial score (nSPS) is 12.4. The Kier molecular flexibility index (Phi) is 5.47. The van der Waals surface area contributed by atoms with Crippen LogP contribution in [0.25, 0.3) is 0 Å². The number of hydrogen-bond acceptors (Lipinski definition) is 6. The van der Waals surface area contributed by atoms with Crippen LogP contribution in [0.2, 0.25) is 0 Å². The summed E-state index contributed by atoms with van der Waals surface area (Å²) < 4.78 is 53.7. The van der Waals surface area contributed by atoms with Gasteiger partial charge in [-0.05, 0) is 37.3 Å². The van der Waals surface area contributed by atoms with Gasteiger partial charge in [-0.3, -0.25) is 4.72 Å². The first kappa shape index (κ1) is 19.7. The van der Waals surface area contributed by atoms with Crippen molar-refractivity contribution < 1.29 is 16.8 Å². The molecular weight excluding hydrogens is 382 g/mol. The van der Waals surface area contributed by atoms with E-state index in [4.69, 9.17) is 0 Å². The van der Waals surface area contributed by atoms with Gasteiger partial charge in [-0.1, -0.05) is 0 Å². The highest BCUT2D eigenvalue weighted by Gasteiger charge is 2.23. The molecule has 1 aromatic heterocycles. The lowest BCUT2D eigenvalue weighted by molar-refractivity contribution is 0.521. The first-order valence-electron chi connectivity index (χ1n) is 7.28. The van der Waals surface area contributed by atoms with Crippen LogP contribution < -0.4 is 9.62 Å². The van der Waals surface area contributed by atoms with Crippen molar-refractivity contribution in [1.29, 1.82) is 0 Å². The molecule has 25 heavy (non-hydrogen) atoms. The molecule has 0 aliphatic rings. The molecule has 0 radical (unpaired) electrons. The molecule has 0 fully saturated rings. The predicted molar refractivity (Wildman–Crippen MR) is 102 cm³/mol. The van der Waals surface area contributed by atoms with Crippen LogP contribution in [-0.4, -0.2) is 49.3 Å². The highest BCUT2D eigenvalue weighted by Crippen LogP contribution is 2.31. The molecule has 10 heteroatoms. The molecule has 0 amide bonds. The van der Waals surface area contributed by atoms with Crippen LogP contribution in [0.4, 0.5) is 11.4 Å². The van der Waals surface area contributed by atoms with Crippen molar-refractivity contribution in [2.75, 3.05) is 37.8 Å². The van der Waals surface area contributed by atoms with Crippen LogP contribution in [0, 0.1) is 6.92 Å². The number of thiophene rings is 1. The third kappa shape index (κ3) is 4.14. The van der Waals surface area contributed by atoms with Crippen LogP contribution in [0.1, 0.15) is 4.88 Å². The van der Waals surface area contributed by atoms with Crippen LogP contribution in [0.3, 0.4) is 0 Å². The topological polar surface area (TPSA) is 86.8 Å². The zero-order valence-electron chi connectivity index (χ0n) is 14.6. The Morgan fingerprint density at radius 3 is 2.08 bits per heavy atom. The number of nitrogens with zero attached hydrogens (tertiary/aromatic N) is 2. The third-order valence-corrected chi connectivity index (χ3v) is 8.12. The van der Waals surface area contributed by atoms with Crippen molar-refractivity contribution in [1.82, 2.24) is 4.31 Å². The molecule has 0 bridgehead atoms. The molecule has 0 aliphatic carbocycles. The average molecular weight is 404 g/mol. The molecule has 0 saturated heterocycles. The second-order valence-electron chi connectivity index (χ2n) is 5.83. The van der Waals surface area contributed by atoms with Crippen molar-refractivity contribution in [3.63, 3.8) is 0 Å². The summed E-state index contributed by atoms with van der Waals surface area (Å²) in [4.78, 5) is 2.60. The van der Waals surface area contributed by atoms with Crippen molar-refractivity contribution >= 4 is 42.8 Å². The van der Waals surface area contributed by atoms with E-state index in [1.165, 1.54) is 32.3 Å². The average Bonchev–Trinajstić information content (AvgIpc) is 2.93. The Bertz CT molecular complexity index is 977. The van der Waals surface area contributed by atoms with Gasteiger partial charge >= 0.3 is 0 Å². The van der Waals surface area contributed by atoms with Gasteiger partial charge in [0.25, 0.3) is 10.0 Å². The fourth-order valence-electron chi connectivity index (χ4n) is 2.11. The number of rotatable bonds is 6. The van der Waals surface area contributed by atoms with Gasteiger partial charge in [-0.2, -0.15) is 0 Å². The van der Waals surface area contributed by atoms with Gasteiger partial charge in [0.05, 0.1) is 16.3 Å². The van der Waals surface area contributed by atoms with E-state index in [-0.39, 0.29) is 14.8 Å². The standard InChI is InChI=1S/C15H21N3O4S3/c1-11-6-9-15(23-11)24(19,20)16-13-10-12(25(21,22)18(4)5)7-8-14(13)17(2)3/h6-10,16H,1-5H3. The van der Waals surface area contributed by atoms with Crippen molar-refractivity contribution in [2.24, 2.45) is 0 Å². The van der Waals surface area contributed by atoms with Crippen LogP contribution in [-0.2, 0) is 20.0 Å². The van der Waals surface area contributed by atoms with E-state index >= 15 is 0 Å². The van der Waals surface area contributed by atoms with Crippen LogP contribution in [0.5, 0.6) is 0 Å². The minimum absolute atomic E-state index is 0.0168. The number of hydrogen-bond donors (Lipinski definition) is 1. The molecular formula is C15H21N3O4S3. The van der Waals surface area contributed by atoms with Crippen LogP contribution >= 0.6 is 11.3 Å². The van der Waals surface area contributed by atoms with Gasteiger partial charge in [0.1, 0.15) is 4.21 Å². The van der Waals surface area contributed by atoms with Crippen molar-refractivity contribution in [2.45, 2.75) is 16.0 Å². The molecule has 1 aromatic carbocycles. The zero-order valence-corrected chi connectivity index (χ0v) is 17.1. The van der Waals surface area contributed by atoms with Gasteiger partial charge in [0.2, 0.25) is 10.0 Å². The van der Waals surface area contributed by atoms with Gasteiger partial charge in [0, 0.05) is 33.1 Å². The second-order valence-corrected chi connectivity index (χ2v) is 11.2. The largest absolute Gasteiger partial charge is 0.376 e. The summed E-state index contributed by atoms with van der Waals surface area (Å²) in [5.74, 6) is 0. The molecule has 7 nitrogen and oxygen atoms in total. The summed E-state index contributed by atoms with van der Waals surface area (Å²) in [7, 11) is -1.12. The summed E-state index contributed by atoms with van der Waals surface area (Å²) in [5.41, 5.74) is 0.772. The maximum absolute atomic E-state index is 12.6. The van der Waals surface area contributed by atoms with E-state index in [9.17, 15) is 16.8 Å². The van der Waals surface area contributed by atoms with Crippen molar-refractivity contribution in [3.05, 3.63) is 35.2 Å². The molecule has 0 saturated carbocycles. The first-order valence-corrected chi connectivity index (χ1v) is 11.0. The zero-order chi connectivity index (χ0) is 19.0. The Balaban J connectivity index is 2.55. The molecule has 2 aromatic rings. The summed E-state index contributed by atoms with van der Waals surface area (Å²) in [6.45, 7) is 1.82. The molecule has 2 rings (SSSR count). The Hall–Kier alpha value is -1.62. The van der Waals surface area contributed by atoms with Gasteiger partial charge < -0.3 is 4.90 Å². The minimum Gasteiger partial charge on any atom is -0.376 e. The Morgan fingerprint density at radius 1 is 0.960 bits per heavy atom. The maximum atomic E-state index is 12.6. The fourth-order valence-corrected chi connectivity index (χ4v) is 5.39. The lowest BCUT2D eigenvalue weighted by Gasteiger charge is -2.20. The highest BCUT2D eigenvalue weighted by atomic mass is 32.2. The van der Waals surface area contributed by atoms with E-state index in [2.05, 4.69) is 4.72 Å². The van der Waals surface area contributed by atoms with E-state index in [0.29, 0.717) is 5.69 Å². The van der Waals surface area contributed by atoms with Crippen molar-refractivity contribution in [3.8, 4) is 0 Å². The number of nitrogens with one attached hydrogen (secondary N) is 1. The Labute approximate surface area is 153 Å². The third-order valence-electron chi connectivity index (χ3n) is 3.45. The number of anilines is 2. The smallest absolute Gasteiger partial charge is 0.271 e. The molecule has 0 unspecified atom stereocenters. The molecule has 0 atom stereocenters. The van der Waals surface area contributed by atoms with Gasteiger partial charge in [-0.25, -0.2) is 21.1 Å². The van der Waals surface area contributed by atoms with Gasteiger partial charge in [-0.15, -0.1) is 11.3 Å². The molecule has 138 valence electrons. The maximum Gasteiger partial charge on any atom is 0.271 e. The van der Waals surface area contributed by atoms with Gasteiger partial charge in [0.15, 0.2) is 0 Å². The number of aryl methyl sites for hydroxylation is 1. The SMILES string of the molecule is Cc1ccc(S(=O)(=O)Nc2cc(S(=O)(=O)N(C)C)ccc2N(C)C)s1. The number of benzene rings is 1. The second kappa shape index (κ2) is 6.94. The van der Waals surface area contributed by atoms with E-state index < -0.39 is 20.0 Å². The molecule has 1 N–H and O–H groups in total. The summed E-state index contributed by atoms with van der Waals surface area (Å²) >= 11 is 1.15. The predicted octanol–water partition coefficient (Wildman–Crippen LogP) is 2.17. The van der Waals surface area contributed by atoms with Crippen LogP contribution in [0.15, 0.2) is 39.4 Å². The Morgan fingerprint density at radius 2 is 1.60 bits per heavy atom. The quantitative estimate of drug-likeness (QED) is 0.799. The minimum atomic E-state index is -3.80. The van der Waals surface area contributed by atoms with E-state index in [1.54, 1.807) is 31.1 Å². The molecule has 0 aliphatic heterocycles. The lowest BCUT2D eigenvalue weighted by atomic mass is 10.2. The van der Waals surface area contributed by atoms with E-state index in [0.717, 1.165) is 20.5 Å². The summed E-state index contributed by atoms with van der Waals surface area (Å²) in [6.07, 6.45) is 0. The fraction of sp³-hybridized carbons (Fsp3) is 0.333. The molecule has 0 spiro atoms.